The number of fused-ring (bicyclic) bond motifs is 1. The number of aromatic nitrogens is 2. The molecular weight excluding hydrogens is 292 g/mol. The van der Waals surface area contributed by atoms with Gasteiger partial charge in [0.2, 0.25) is 11.8 Å². The first-order valence-electron chi connectivity index (χ1n) is 7.66. The summed E-state index contributed by atoms with van der Waals surface area (Å²) in [5.41, 5.74) is 3.70. The molecule has 0 atom stereocenters. The third-order valence-corrected chi connectivity index (χ3v) is 3.96. The van der Waals surface area contributed by atoms with E-state index in [1.54, 1.807) is 4.68 Å². The summed E-state index contributed by atoms with van der Waals surface area (Å²) in [7, 11) is 0. The molecule has 0 radical (unpaired) electrons. The zero-order valence-corrected chi connectivity index (χ0v) is 13.6. The Balaban J connectivity index is 1.77. The van der Waals surface area contributed by atoms with Gasteiger partial charge >= 0.3 is 0 Å². The molecule has 3 rings (SSSR count). The predicted octanol–water partition coefficient (Wildman–Crippen LogP) is 2.18. The summed E-state index contributed by atoms with van der Waals surface area (Å²) in [6.45, 7) is 6.36. The van der Waals surface area contributed by atoms with Gasteiger partial charge in [0, 0.05) is 18.2 Å². The van der Waals surface area contributed by atoms with Crippen molar-refractivity contribution in [2.45, 2.75) is 33.7 Å². The molecule has 0 saturated heterocycles. The van der Waals surface area contributed by atoms with Crippen LogP contribution in [0.3, 0.4) is 0 Å². The maximum absolute atomic E-state index is 12.4. The summed E-state index contributed by atoms with van der Waals surface area (Å²) in [4.78, 5) is 26.1. The van der Waals surface area contributed by atoms with Crippen LogP contribution in [-0.4, -0.2) is 28.1 Å². The van der Waals surface area contributed by atoms with E-state index in [1.165, 1.54) is 4.90 Å². The Hall–Kier alpha value is -2.63. The molecule has 1 N–H and O–H groups in total. The van der Waals surface area contributed by atoms with Gasteiger partial charge in [0.1, 0.15) is 12.4 Å². The van der Waals surface area contributed by atoms with Crippen molar-refractivity contribution in [3.8, 4) is 0 Å². The molecule has 1 aromatic heterocycles. The van der Waals surface area contributed by atoms with Crippen LogP contribution in [0.2, 0.25) is 0 Å². The molecule has 2 aromatic rings. The lowest BCUT2D eigenvalue weighted by molar-refractivity contribution is -0.122. The highest BCUT2D eigenvalue weighted by atomic mass is 16.2. The van der Waals surface area contributed by atoms with Gasteiger partial charge in [-0.3, -0.25) is 14.5 Å². The van der Waals surface area contributed by atoms with Crippen molar-refractivity contribution in [1.82, 2.24) is 9.78 Å². The van der Waals surface area contributed by atoms with Gasteiger partial charge in [0.15, 0.2) is 0 Å². The number of hydrogen-bond acceptors (Lipinski definition) is 3. The average molecular weight is 312 g/mol. The Morgan fingerprint density at radius 1 is 1.26 bits per heavy atom. The first-order valence-corrected chi connectivity index (χ1v) is 7.66. The van der Waals surface area contributed by atoms with Crippen LogP contribution in [-0.2, 0) is 16.1 Å². The van der Waals surface area contributed by atoms with E-state index in [4.69, 9.17) is 0 Å². The Kier molecular flexibility index (Phi) is 3.90. The van der Waals surface area contributed by atoms with Gasteiger partial charge < -0.3 is 5.32 Å². The van der Waals surface area contributed by atoms with Crippen LogP contribution >= 0.6 is 0 Å². The van der Waals surface area contributed by atoms with Gasteiger partial charge in [-0.25, -0.2) is 4.68 Å². The highest BCUT2D eigenvalue weighted by Crippen LogP contribution is 2.23. The predicted molar refractivity (Wildman–Crippen MR) is 88.5 cm³/mol. The summed E-state index contributed by atoms with van der Waals surface area (Å²) in [5, 5.41) is 7.24. The molecule has 0 fully saturated rings. The standard InChI is InChI=1S/C17H20N4O2/c1-11-4-5-12(2)14(8-11)18-15(22)10-20-16-9-13(3)19-21(16)7-6-17(20)23/h4-5,8-9H,6-7,10H2,1-3H3,(H,18,22). The van der Waals surface area contributed by atoms with Gasteiger partial charge in [-0.1, -0.05) is 12.1 Å². The second-order valence-corrected chi connectivity index (χ2v) is 5.96. The van der Waals surface area contributed by atoms with Crippen LogP contribution in [0.5, 0.6) is 0 Å². The molecule has 6 heteroatoms. The molecule has 0 unspecified atom stereocenters. The molecule has 0 spiro atoms. The molecule has 1 aliphatic rings. The van der Waals surface area contributed by atoms with E-state index in [0.717, 1.165) is 22.5 Å². The quantitative estimate of drug-likeness (QED) is 0.944. The summed E-state index contributed by atoms with van der Waals surface area (Å²) < 4.78 is 1.78. The fourth-order valence-electron chi connectivity index (χ4n) is 2.75. The number of hydrogen-bond donors (Lipinski definition) is 1. The second kappa shape index (κ2) is 5.87. The molecule has 120 valence electrons. The largest absolute Gasteiger partial charge is 0.324 e. The normalized spacial score (nSPS) is 13.9. The topological polar surface area (TPSA) is 67.2 Å². The van der Waals surface area contributed by atoms with Crippen molar-refractivity contribution >= 4 is 23.3 Å². The SMILES string of the molecule is Cc1ccc(C)c(NC(=O)CN2C(=O)CCn3nc(C)cc32)c1. The minimum absolute atomic E-state index is 0.00263. The molecule has 0 saturated carbocycles. The summed E-state index contributed by atoms with van der Waals surface area (Å²) in [6.07, 6.45) is 0.366. The Morgan fingerprint density at radius 2 is 2.04 bits per heavy atom. The number of benzene rings is 1. The van der Waals surface area contributed by atoms with E-state index in [0.29, 0.717) is 18.8 Å². The lowest BCUT2D eigenvalue weighted by Crippen LogP contribution is -2.42. The zero-order chi connectivity index (χ0) is 16.6. The van der Waals surface area contributed by atoms with E-state index < -0.39 is 0 Å². The summed E-state index contributed by atoms with van der Waals surface area (Å²) in [5.74, 6) is 0.433. The summed E-state index contributed by atoms with van der Waals surface area (Å²) >= 11 is 0. The number of aryl methyl sites for hydroxylation is 4. The molecule has 6 nitrogen and oxygen atoms in total. The van der Waals surface area contributed by atoms with Crippen molar-refractivity contribution in [2.75, 3.05) is 16.8 Å². The Morgan fingerprint density at radius 3 is 2.83 bits per heavy atom. The van der Waals surface area contributed by atoms with Crippen LogP contribution in [0.15, 0.2) is 24.3 Å². The number of carbonyl (C=O) groups is 2. The second-order valence-electron chi connectivity index (χ2n) is 5.96. The first kappa shape index (κ1) is 15.3. The molecule has 2 heterocycles. The third kappa shape index (κ3) is 3.11. The Labute approximate surface area is 135 Å². The number of rotatable bonds is 3. The number of anilines is 2. The van der Waals surface area contributed by atoms with Crippen LogP contribution in [0.1, 0.15) is 23.2 Å². The number of amides is 2. The Bertz CT molecular complexity index is 779. The van der Waals surface area contributed by atoms with Crippen molar-refractivity contribution in [3.63, 3.8) is 0 Å². The van der Waals surface area contributed by atoms with Crippen LogP contribution in [0, 0.1) is 20.8 Å². The van der Waals surface area contributed by atoms with E-state index in [2.05, 4.69) is 10.4 Å². The van der Waals surface area contributed by atoms with Gasteiger partial charge in [0.05, 0.1) is 12.2 Å². The van der Waals surface area contributed by atoms with Crippen molar-refractivity contribution in [3.05, 3.63) is 41.1 Å². The maximum Gasteiger partial charge on any atom is 0.244 e. The van der Waals surface area contributed by atoms with E-state index in [1.807, 2.05) is 45.0 Å². The van der Waals surface area contributed by atoms with Crippen molar-refractivity contribution < 1.29 is 9.59 Å². The molecule has 1 aliphatic heterocycles. The molecule has 0 aliphatic carbocycles. The minimum Gasteiger partial charge on any atom is -0.324 e. The fraction of sp³-hybridized carbons (Fsp3) is 0.353. The van der Waals surface area contributed by atoms with Crippen molar-refractivity contribution in [1.29, 1.82) is 0 Å². The lowest BCUT2D eigenvalue weighted by Gasteiger charge is -2.27. The summed E-state index contributed by atoms with van der Waals surface area (Å²) in [6, 6.07) is 7.73. The number of nitrogens with zero attached hydrogens (tertiary/aromatic N) is 3. The van der Waals surface area contributed by atoms with Gasteiger partial charge in [-0.15, -0.1) is 0 Å². The van der Waals surface area contributed by atoms with Gasteiger partial charge in [0.25, 0.3) is 0 Å². The molecule has 2 amide bonds. The van der Waals surface area contributed by atoms with E-state index in [9.17, 15) is 9.59 Å². The first-order chi connectivity index (χ1) is 10.9. The van der Waals surface area contributed by atoms with E-state index in [-0.39, 0.29) is 18.4 Å². The maximum atomic E-state index is 12.4. The molecule has 0 bridgehead atoms. The smallest absolute Gasteiger partial charge is 0.244 e. The van der Waals surface area contributed by atoms with Crippen molar-refractivity contribution in [2.24, 2.45) is 0 Å². The number of carbonyl (C=O) groups excluding carboxylic acids is 2. The third-order valence-electron chi connectivity index (χ3n) is 3.96. The highest BCUT2D eigenvalue weighted by Gasteiger charge is 2.27. The fourth-order valence-corrected chi connectivity index (χ4v) is 2.75. The van der Waals surface area contributed by atoms with Crippen LogP contribution in [0.25, 0.3) is 0 Å². The average Bonchev–Trinajstić information content (AvgIpc) is 2.87. The van der Waals surface area contributed by atoms with Gasteiger partial charge in [-0.05, 0) is 38.0 Å². The molecule has 23 heavy (non-hydrogen) atoms. The van der Waals surface area contributed by atoms with Gasteiger partial charge in [-0.2, -0.15) is 5.10 Å². The zero-order valence-electron chi connectivity index (χ0n) is 13.6. The molecule has 1 aromatic carbocycles. The van der Waals surface area contributed by atoms with E-state index >= 15 is 0 Å². The highest BCUT2D eigenvalue weighted by molar-refractivity contribution is 6.03. The number of nitrogens with one attached hydrogen (secondary N) is 1. The monoisotopic (exact) mass is 312 g/mol. The molecular formula is C17H20N4O2. The van der Waals surface area contributed by atoms with Crippen LogP contribution in [0.4, 0.5) is 11.5 Å². The van der Waals surface area contributed by atoms with Crippen LogP contribution < -0.4 is 10.2 Å². The minimum atomic E-state index is -0.209. The lowest BCUT2D eigenvalue weighted by atomic mass is 10.1.